The van der Waals surface area contributed by atoms with E-state index in [4.69, 9.17) is 56.5 Å². The van der Waals surface area contributed by atoms with Crippen molar-refractivity contribution in [3.05, 3.63) is 74.9 Å². The Morgan fingerprint density at radius 3 is 2.38 bits per heavy atom. The summed E-state index contributed by atoms with van der Waals surface area (Å²) in [5.74, 6) is -1.31. The number of carboxylic acid groups (broad SMARTS) is 1. The van der Waals surface area contributed by atoms with Gasteiger partial charge in [-0.3, -0.25) is 10.1 Å². The lowest BCUT2D eigenvalue weighted by molar-refractivity contribution is 0.0697. The Balaban J connectivity index is 1.67. The second-order valence-corrected chi connectivity index (χ2v) is 7.36. The molecule has 1 heterocycles. The molecule has 0 unspecified atom stereocenters. The zero-order chi connectivity index (χ0) is 21.1. The number of thiocarbonyl (C=S) groups is 1. The van der Waals surface area contributed by atoms with E-state index in [0.29, 0.717) is 27.1 Å². The van der Waals surface area contributed by atoms with Crippen LogP contribution >= 0.6 is 47.0 Å². The average Bonchev–Trinajstić information content (AvgIpc) is 3.11. The van der Waals surface area contributed by atoms with Gasteiger partial charge in [-0.25, -0.2) is 4.79 Å². The molecule has 29 heavy (non-hydrogen) atoms. The highest BCUT2D eigenvalue weighted by Crippen LogP contribution is 2.31. The number of amides is 1. The third-order valence-electron chi connectivity index (χ3n) is 3.71. The van der Waals surface area contributed by atoms with Gasteiger partial charge in [0.2, 0.25) is 0 Å². The van der Waals surface area contributed by atoms with Gasteiger partial charge < -0.3 is 14.8 Å². The van der Waals surface area contributed by atoms with Crippen LogP contribution in [0.25, 0.3) is 11.3 Å². The molecule has 1 aromatic heterocycles. The van der Waals surface area contributed by atoms with E-state index in [1.54, 1.807) is 24.3 Å². The van der Waals surface area contributed by atoms with E-state index in [0.717, 1.165) is 0 Å². The molecule has 0 aliphatic rings. The SMILES string of the molecule is O=C(NC(=S)Nc1ccc(C(=O)O)c(Cl)c1)c1ccc(-c2ccc(Cl)cc2Cl)o1. The van der Waals surface area contributed by atoms with Crippen LogP contribution in [0, 0.1) is 0 Å². The van der Waals surface area contributed by atoms with E-state index in [9.17, 15) is 9.59 Å². The number of hydrogen-bond acceptors (Lipinski definition) is 4. The van der Waals surface area contributed by atoms with Crippen molar-refractivity contribution in [3.63, 3.8) is 0 Å². The number of furan rings is 1. The molecule has 0 aliphatic heterocycles. The van der Waals surface area contributed by atoms with Crippen molar-refractivity contribution in [2.24, 2.45) is 0 Å². The molecule has 0 radical (unpaired) electrons. The van der Waals surface area contributed by atoms with E-state index >= 15 is 0 Å². The van der Waals surface area contributed by atoms with Gasteiger partial charge in [-0.15, -0.1) is 0 Å². The third kappa shape index (κ3) is 5.07. The molecule has 1 amide bonds. The van der Waals surface area contributed by atoms with Crippen LogP contribution in [0.1, 0.15) is 20.9 Å². The highest BCUT2D eigenvalue weighted by atomic mass is 35.5. The predicted octanol–water partition coefficient (Wildman–Crippen LogP) is 5.73. The lowest BCUT2D eigenvalue weighted by Crippen LogP contribution is -2.33. The molecule has 0 saturated carbocycles. The molecule has 0 bridgehead atoms. The van der Waals surface area contributed by atoms with E-state index < -0.39 is 11.9 Å². The van der Waals surface area contributed by atoms with Crippen molar-refractivity contribution < 1.29 is 19.1 Å². The predicted molar refractivity (Wildman–Crippen MR) is 116 cm³/mol. The minimum atomic E-state index is -1.15. The number of hydrogen-bond donors (Lipinski definition) is 3. The highest BCUT2D eigenvalue weighted by Gasteiger charge is 2.16. The summed E-state index contributed by atoms with van der Waals surface area (Å²) in [6.07, 6.45) is 0. The van der Waals surface area contributed by atoms with Crippen LogP contribution in [0.4, 0.5) is 5.69 Å². The Bertz CT molecular complexity index is 1130. The summed E-state index contributed by atoms with van der Waals surface area (Å²) in [6.45, 7) is 0. The number of rotatable bonds is 4. The molecule has 0 saturated heterocycles. The number of anilines is 1. The number of aromatic carboxylic acids is 1. The molecule has 0 fully saturated rings. The highest BCUT2D eigenvalue weighted by molar-refractivity contribution is 7.80. The van der Waals surface area contributed by atoms with Crippen LogP contribution in [0.5, 0.6) is 0 Å². The summed E-state index contributed by atoms with van der Waals surface area (Å²) in [4.78, 5) is 23.3. The molecular weight excluding hydrogens is 459 g/mol. The maximum atomic E-state index is 12.3. The molecular formula is C19H11Cl3N2O4S. The molecule has 0 aliphatic carbocycles. The summed E-state index contributed by atoms with van der Waals surface area (Å²) in [5, 5.41) is 15.1. The lowest BCUT2D eigenvalue weighted by Gasteiger charge is -2.09. The second-order valence-electron chi connectivity index (χ2n) is 5.70. The Morgan fingerprint density at radius 2 is 1.72 bits per heavy atom. The van der Waals surface area contributed by atoms with E-state index in [-0.39, 0.29) is 21.5 Å². The zero-order valence-electron chi connectivity index (χ0n) is 14.3. The van der Waals surface area contributed by atoms with E-state index in [1.807, 2.05) is 0 Å². The van der Waals surface area contributed by atoms with Crippen LogP contribution in [0.3, 0.4) is 0 Å². The van der Waals surface area contributed by atoms with Crippen molar-refractivity contribution in [1.82, 2.24) is 5.32 Å². The minimum absolute atomic E-state index is 0.0170. The summed E-state index contributed by atoms with van der Waals surface area (Å²) in [7, 11) is 0. The first-order valence-electron chi connectivity index (χ1n) is 7.95. The molecule has 2 aromatic carbocycles. The topological polar surface area (TPSA) is 91.6 Å². The van der Waals surface area contributed by atoms with Crippen LogP contribution < -0.4 is 10.6 Å². The van der Waals surface area contributed by atoms with E-state index in [2.05, 4.69) is 10.6 Å². The first kappa shape index (κ1) is 21.1. The number of carbonyl (C=O) groups is 2. The lowest BCUT2D eigenvalue weighted by atomic mass is 10.2. The summed E-state index contributed by atoms with van der Waals surface area (Å²) in [6, 6.07) is 12.2. The minimum Gasteiger partial charge on any atom is -0.478 e. The number of benzene rings is 2. The van der Waals surface area contributed by atoms with Crippen molar-refractivity contribution >= 4 is 69.7 Å². The molecule has 3 rings (SSSR count). The average molecular weight is 470 g/mol. The van der Waals surface area contributed by atoms with Crippen LogP contribution in [-0.2, 0) is 0 Å². The molecule has 3 N–H and O–H groups in total. The van der Waals surface area contributed by atoms with Gasteiger partial charge in [0.05, 0.1) is 15.6 Å². The Hall–Kier alpha value is -2.58. The second kappa shape index (κ2) is 8.84. The van der Waals surface area contributed by atoms with Gasteiger partial charge >= 0.3 is 5.97 Å². The first-order chi connectivity index (χ1) is 13.7. The van der Waals surface area contributed by atoms with Crippen LogP contribution in [0.2, 0.25) is 15.1 Å². The van der Waals surface area contributed by atoms with Crippen molar-refractivity contribution in [1.29, 1.82) is 0 Å². The summed E-state index contributed by atoms with van der Waals surface area (Å²) in [5.41, 5.74) is 0.957. The maximum Gasteiger partial charge on any atom is 0.337 e. The van der Waals surface area contributed by atoms with Gasteiger partial charge in [-0.2, -0.15) is 0 Å². The fourth-order valence-corrected chi connectivity index (χ4v) is 3.36. The first-order valence-corrected chi connectivity index (χ1v) is 9.49. The van der Waals surface area contributed by atoms with E-state index in [1.165, 1.54) is 24.3 Å². The standard InChI is InChI=1S/C19H11Cl3N2O4S/c20-9-1-3-11(13(21)7-9)15-5-6-16(28-15)17(25)24-19(29)23-10-2-4-12(18(26)27)14(22)8-10/h1-8H,(H,26,27)(H2,23,24,25,29). The smallest absolute Gasteiger partial charge is 0.337 e. The monoisotopic (exact) mass is 468 g/mol. The summed E-state index contributed by atoms with van der Waals surface area (Å²) < 4.78 is 5.55. The maximum absolute atomic E-state index is 12.3. The fourth-order valence-electron chi connectivity index (χ4n) is 2.39. The molecule has 10 heteroatoms. The molecule has 148 valence electrons. The molecule has 6 nitrogen and oxygen atoms in total. The van der Waals surface area contributed by atoms with Gasteiger partial charge in [0.25, 0.3) is 5.91 Å². The Labute approximate surface area is 185 Å². The van der Waals surface area contributed by atoms with Crippen LogP contribution in [0.15, 0.2) is 52.9 Å². The molecule has 0 spiro atoms. The quantitative estimate of drug-likeness (QED) is 0.423. The molecule has 0 atom stereocenters. The van der Waals surface area contributed by atoms with Gasteiger partial charge in [-0.05, 0) is 60.7 Å². The zero-order valence-corrected chi connectivity index (χ0v) is 17.4. The van der Waals surface area contributed by atoms with Gasteiger partial charge in [0.1, 0.15) is 5.76 Å². The number of halogens is 3. The summed E-state index contributed by atoms with van der Waals surface area (Å²) >= 11 is 23.0. The normalized spacial score (nSPS) is 10.4. The largest absolute Gasteiger partial charge is 0.478 e. The fraction of sp³-hybridized carbons (Fsp3) is 0. The van der Waals surface area contributed by atoms with Crippen molar-refractivity contribution in [3.8, 4) is 11.3 Å². The van der Waals surface area contributed by atoms with Crippen molar-refractivity contribution in [2.75, 3.05) is 5.32 Å². The third-order valence-corrected chi connectivity index (χ3v) is 4.78. The number of nitrogens with one attached hydrogen (secondary N) is 2. The Kier molecular flexibility index (Phi) is 6.44. The van der Waals surface area contributed by atoms with Gasteiger partial charge in [-0.1, -0.05) is 34.8 Å². The van der Waals surface area contributed by atoms with Crippen molar-refractivity contribution in [2.45, 2.75) is 0 Å². The number of carbonyl (C=O) groups excluding carboxylic acids is 1. The number of carboxylic acids is 1. The Morgan fingerprint density at radius 1 is 0.966 bits per heavy atom. The van der Waals surface area contributed by atoms with Gasteiger partial charge in [0.15, 0.2) is 10.9 Å². The molecule has 3 aromatic rings. The van der Waals surface area contributed by atoms with Gasteiger partial charge in [0, 0.05) is 16.3 Å². The van der Waals surface area contributed by atoms with Crippen LogP contribution in [-0.4, -0.2) is 22.1 Å².